The highest BCUT2D eigenvalue weighted by atomic mass is 15.4. The molecule has 2 heterocycles. The average molecular weight is 261 g/mol. The summed E-state index contributed by atoms with van der Waals surface area (Å²) in [6, 6.07) is 0.700. The molecule has 0 unspecified atom stereocenters. The minimum Gasteiger partial charge on any atom is -0.308 e. The Morgan fingerprint density at radius 3 is 2.84 bits per heavy atom. The zero-order valence-corrected chi connectivity index (χ0v) is 11.4. The summed E-state index contributed by atoms with van der Waals surface area (Å²) in [6.45, 7) is 6.21. The van der Waals surface area contributed by atoms with Gasteiger partial charge in [-0.3, -0.25) is 4.68 Å². The molecule has 3 rings (SSSR count). The van der Waals surface area contributed by atoms with Crippen molar-refractivity contribution in [3.05, 3.63) is 23.5 Å². The molecule has 2 aromatic heterocycles. The Morgan fingerprint density at radius 2 is 2.16 bits per heavy atom. The van der Waals surface area contributed by atoms with Crippen LogP contribution < -0.4 is 5.32 Å². The van der Waals surface area contributed by atoms with Crippen molar-refractivity contribution in [3.8, 4) is 0 Å². The van der Waals surface area contributed by atoms with E-state index >= 15 is 0 Å². The van der Waals surface area contributed by atoms with Crippen LogP contribution in [0.25, 0.3) is 0 Å². The maximum atomic E-state index is 4.33. The van der Waals surface area contributed by atoms with E-state index in [1.54, 1.807) is 0 Å². The molecule has 0 radical (unpaired) electrons. The number of hydrogen-bond acceptors (Lipinski definition) is 5. The van der Waals surface area contributed by atoms with Gasteiger partial charge in [-0.25, -0.2) is 9.67 Å². The Labute approximate surface area is 112 Å². The van der Waals surface area contributed by atoms with E-state index in [9.17, 15) is 0 Å². The van der Waals surface area contributed by atoms with E-state index in [2.05, 4.69) is 25.7 Å². The SMILES string of the molecule is Cc1nc(C)n(CCn2cc(CNC3CC3)nn2)n1. The standard InChI is InChI=1S/C12H19N7/c1-9-14-10(2)19(16-9)6-5-18-8-12(15-17-18)7-13-11-3-4-11/h8,11,13H,3-7H2,1-2H3. The fourth-order valence-electron chi connectivity index (χ4n) is 2.04. The van der Waals surface area contributed by atoms with Crippen molar-refractivity contribution in [2.24, 2.45) is 0 Å². The van der Waals surface area contributed by atoms with Gasteiger partial charge in [0.15, 0.2) is 0 Å². The molecule has 7 nitrogen and oxygen atoms in total. The maximum Gasteiger partial charge on any atom is 0.147 e. The second-order valence-corrected chi connectivity index (χ2v) is 5.06. The van der Waals surface area contributed by atoms with Crippen LogP contribution in [0.4, 0.5) is 0 Å². The molecule has 1 aliphatic carbocycles. The zero-order valence-electron chi connectivity index (χ0n) is 11.4. The number of aryl methyl sites for hydroxylation is 4. The van der Waals surface area contributed by atoms with Crippen molar-refractivity contribution in [1.82, 2.24) is 35.1 Å². The molecule has 2 aromatic rings. The third-order valence-corrected chi connectivity index (χ3v) is 3.24. The van der Waals surface area contributed by atoms with Gasteiger partial charge in [-0.15, -0.1) is 5.10 Å². The first-order chi connectivity index (χ1) is 9.20. The van der Waals surface area contributed by atoms with Gasteiger partial charge in [-0.05, 0) is 26.7 Å². The molecular weight excluding hydrogens is 242 g/mol. The minimum absolute atomic E-state index is 0.700. The number of nitrogens with zero attached hydrogens (tertiary/aromatic N) is 6. The van der Waals surface area contributed by atoms with Gasteiger partial charge in [0.05, 0.1) is 18.8 Å². The smallest absolute Gasteiger partial charge is 0.147 e. The van der Waals surface area contributed by atoms with E-state index < -0.39 is 0 Å². The fraction of sp³-hybridized carbons (Fsp3) is 0.667. The summed E-state index contributed by atoms with van der Waals surface area (Å²) in [5.41, 5.74) is 0.999. The van der Waals surface area contributed by atoms with Gasteiger partial charge in [0.1, 0.15) is 11.6 Å². The van der Waals surface area contributed by atoms with Crippen LogP contribution >= 0.6 is 0 Å². The van der Waals surface area contributed by atoms with Crippen molar-refractivity contribution in [1.29, 1.82) is 0 Å². The van der Waals surface area contributed by atoms with Crippen molar-refractivity contribution in [2.45, 2.75) is 52.4 Å². The van der Waals surface area contributed by atoms with Crippen LogP contribution in [-0.4, -0.2) is 35.8 Å². The molecule has 19 heavy (non-hydrogen) atoms. The Hall–Kier alpha value is -1.76. The molecular formula is C12H19N7. The van der Waals surface area contributed by atoms with Gasteiger partial charge in [0, 0.05) is 18.8 Å². The molecule has 102 valence electrons. The summed E-state index contributed by atoms with van der Waals surface area (Å²) in [5, 5.41) is 16.1. The van der Waals surface area contributed by atoms with Gasteiger partial charge >= 0.3 is 0 Å². The van der Waals surface area contributed by atoms with Crippen LogP contribution in [0.2, 0.25) is 0 Å². The van der Waals surface area contributed by atoms with E-state index in [1.807, 2.05) is 29.4 Å². The summed E-state index contributed by atoms with van der Waals surface area (Å²) in [6.07, 6.45) is 4.58. The summed E-state index contributed by atoms with van der Waals surface area (Å²) in [7, 11) is 0. The van der Waals surface area contributed by atoms with E-state index in [4.69, 9.17) is 0 Å². The second kappa shape index (κ2) is 5.08. The molecule has 0 saturated heterocycles. The van der Waals surface area contributed by atoms with Gasteiger partial charge in [-0.2, -0.15) is 5.10 Å². The van der Waals surface area contributed by atoms with Gasteiger partial charge in [0.2, 0.25) is 0 Å². The molecule has 0 aliphatic heterocycles. The lowest BCUT2D eigenvalue weighted by Gasteiger charge is -2.02. The van der Waals surface area contributed by atoms with Crippen molar-refractivity contribution >= 4 is 0 Å². The van der Waals surface area contributed by atoms with Crippen molar-refractivity contribution in [2.75, 3.05) is 0 Å². The van der Waals surface area contributed by atoms with Crippen LogP contribution in [0.15, 0.2) is 6.20 Å². The average Bonchev–Trinajstić information content (AvgIpc) is 3.01. The fourth-order valence-corrected chi connectivity index (χ4v) is 2.04. The summed E-state index contributed by atoms with van der Waals surface area (Å²) >= 11 is 0. The zero-order chi connectivity index (χ0) is 13.2. The lowest BCUT2D eigenvalue weighted by atomic mass is 10.4. The Morgan fingerprint density at radius 1 is 1.32 bits per heavy atom. The molecule has 0 atom stereocenters. The molecule has 1 saturated carbocycles. The van der Waals surface area contributed by atoms with Crippen molar-refractivity contribution in [3.63, 3.8) is 0 Å². The van der Waals surface area contributed by atoms with E-state index in [-0.39, 0.29) is 0 Å². The Bertz CT molecular complexity index is 552. The summed E-state index contributed by atoms with van der Waals surface area (Å²) < 4.78 is 3.76. The number of aromatic nitrogens is 6. The lowest BCUT2D eigenvalue weighted by molar-refractivity contribution is 0.480. The molecule has 7 heteroatoms. The predicted molar refractivity (Wildman–Crippen MR) is 69.4 cm³/mol. The van der Waals surface area contributed by atoms with Crippen LogP contribution in [0.5, 0.6) is 0 Å². The Balaban J connectivity index is 1.53. The monoisotopic (exact) mass is 261 g/mol. The molecule has 1 fully saturated rings. The molecule has 0 bridgehead atoms. The Kier molecular flexibility index (Phi) is 3.29. The third kappa shape index (κ3) is 3.17. The predicted octanol–water partition coefficient (Wildman–Crippen LogP) is 0.439. The largest absolute Gasteiger partial charge is 0.308 e. The van der Waals surface area contributed by atoms with Crippen molar-refractivity contribution < 1.29 is 0 Å². The van der Waals surface area contributed by atoms with Crippen LogP contribution in [0, 0.1) is 13.8 Å². The first kappa shape index (κ1) is 12.3. The highest BCUT2D eigenvalue weighted by Gasteiger charge is 2.20. The van der Waals surface area contributed by atoms with Crippen LogP contribution in [0.1, 0.15) is 30.2 Å². The van der Waals surface area contributed by atoms with E-state index in [0.29, 0.717) is 6.04 Å². The first-order valence-electron chi connectivity index (χ1n) is 6.71. The summed E-state index contributed by atoms with van der Waals surface area (Å²) in [5.74, 6) is 1.75. The van der Waals surface area contributed by atoms with Crippen LogP contribution in [0.3, 0.4) is 0 Å². The molecule has 1 aliphatic rings. The highest BCUT2D eigenvalue weighted by Crippen LogP contribution is 2.18. The third-order valence-electron chi connectivity index (χ3n) is 3.24. The quantitative estimate of drug-likeness (QED) is 0.816. The maximum absolute atomic E-state index is 4.33. The van der Waals surface area contributed by atoms with Gasteiger partial charge in [0.25, 0.3) is 0 Å². The normalized spacial score (nSPS) is 15.1. The minimum atomic E-state index is 0.700. The second-order valence-electron chi connectivity index (χ2n) is 5.06. The summed E-state index contributed by atoms with van der Waals surface area (Å²) in [4.78, 5) is 4.28. The number of rotatable bonds is 6. The number of nitrogens with one attached hydrogen (secondary N) is 1. The van der Waals surface area contributed by atoms with Gasteiger partial charge < -0.3 is 5.32 Å². The highest BCUT2D eigenvalue weighted by molar-refractivity contribution is 4.94. The van der Waals surface area contributed by atoms with E-state index in [1.165, 1.54) is 12.8 Å². The molecule has 0 aromatic carbocycles. The number of hydrogen-bond donors (Lipinski definition) is 1. The first-order valence-corrected chi connectivity index (χ1v) is 6.71. The van der Waals surface area contributed by atoms with E-state index in [0.717, 1.165) is 37.0 Å². The molecule has 0 spiro atoms. The lowest BCUT2D eigenvalue weighted by Crippen LogP contribution is -2.15. The van der Waals surface area contributed by atoms with Gasteiger partial charge in [-0.1, -0.05) is 5.21 Å². The topological polar surface area (TPSA) is 73.5 Å². The molecule has 0 amide bonds. The molecule has 1 N–H and O–H groups in total. The van der Waals surface area contributed by atoms with Crippen LogP contribution in [-0.2, 0) is 19.6 Å².